The normalized spacial score (nSPS) is 11.7. The summed E-state index contributed by atoms with van der Waals surface area (Å²) in [5.41, 5.74) is 1.77. The first-order valence-electron chi connectivity index (χ1n) is 10.2. The fraction of sp³-hybridized carbons (Fsp3) is 0.0769. The highest BCUT2D eigenvalue weighted by molar-refractivity contribution is 8.00. The Hall–Kier alpha value is -2.99. The van der Waals surface area contributed by atoms with Crippen LogP contribution in [-0.4, -0.2) is 17.1 Å². The summed E-state index contributed by atoms with van der Waals surface area (Å²) >= 11 is 13.4. The standard InChI is InChI=1S/C26H20Cl2N2O2S/c1-16(25(31)30-24-8-4-6-17-5-2-3-7-21(17)24)33-20-12-10-19(11-13-20)29-26(32)22-14-9-18(27)15-23(22)28/h2-16H,1H3,(H,29,32)(H,30,31). The number of nitrogens with one attached hydrogen (secondary N) is 2. The van der Waals surface area contributed by atoms with Crippen molar-refractivity contribution in [1.29, 1.82) is 0 Å². The summed E-state index contributed by atoms with van der Waals surface area (Å²) < 4.78 is 0. The van der Waals surface area contributed by atoms with E-state index < -0.39 is 0 Å². The average Bonchev–Trinajstić information content (AvgIpc) is 2.80. The number of carbonyl (C=O) groups excluding carboxylic acids is 2. The van der Waals surface area contributed by atoms with Gasteiger partial charge in [0.1, 0.15) is 0 Å². The highest BCUT2D eigenvalue weighted by atomic mass is 35.5. The molecule has 4 rings (SSSR count). The number of carbonyl (C=O) groups is 2. The second kappa shape index (κ2) is 10.3. The average molecular weight is 495 g/mol. The predicted molar refractivity (Wildman–Crippen MR) is 139 cm³/mol. The van der Waals surface area contributed by atoms with Crippen molar-refractivity contribution in [3.8, 4) is 0 Å². The summed E-state index contributed by atoms with van der Waals surface area (Å²) in [7, 11) is 0. The molecule has 7 heteroatoms. The number of anilines is 2. The highest BCUT2D eigenvalue weighted by Gasteiger charge is 2.16. The Balaban J connectivity index is 1.38. The molecule has 4 nitrogen and oxygen atoms in total. The zero-order valence-electron chi connectivity index (χ0n) is 17.6. The molecular formula is C26H20Cl2N2O2S. The van der Waals surface area contributed by atoms with Gasteiger partial charge in [0.2, 0.25) is 5.91 Å². The number of hydrogen-bond donors (Lipinski definition) is 2. The summed E-state index contributed by atoms with van der Waals surface area (Å²) in [5.74, 6) is -0.397. The number of hydrogen-bond acceptors (Lipinski definition) is 3. The molecule has 0 bridgehead atoms. The molecule has 4 aromatic carbocycles. The van der Waals surface area contributed by atoms with Gasteiger partial charge < -0.3 is 10.6 Å². The molecule has 0 heterocycles. The summed E-state index contributed by atoms with van der Waals surface area (Å²) in [4.78, 5) is 26.2. The number of fused-ring (bicyclic) bond motifs is 1. The third-order valence-electron chi connectivity index (χ3n) is 5.02. The second-order valence-corrected chi connectivity index (χ2v) is 9.64. The molecule has 0 spiro atoms. The monoisotopic (exact) mass is 494 g/mol. The van der Waals surface area contributed by atoms with Crippen molar-refractivity contribution >= 4 is 68.9 Å². The van der Waals surface area contributed by atoms with Crippen LogP contribution in [0.25, 0.3) is 10.8 Å². The van der Waals surface area contributed by atoms with Gasteiger partial charge in [0.05, 0.1) is 15.8 Å². The van der Waals surface area contributed by atoms with Gasteiger partial charge in [-0.05, 0) is 60.8 Å². The molecular weight excluding hydrogens is 475 g/mol. The zero-order valence-corrected chi connectivity index (χ0v) is 20.0. The van der Waals surface area contributed by atoms with Gasteiger partial charge in [-0.15, -0.1) is 11.8 Å². The van der Waals surface area contributed by atoms with Gasteiger partial charge in [0.15, 0.2) is 0 Å². The SMILES string of the molecule is CC(Sc1ccc(NC(=O)c2ccc(Cl)cc2Cl)cc1)C(=O)Nc1cccc2ccccc12. The van der Waals surface area contributed by atoms with E-state index in [1.807, 2.05) is 61.5 Å². The van der Waals surface area contributed by atoms with Crippen LogP contribution in [0.4, 0.5) is 11.4 Å². The van der Waals surface area contributed by atoms with Crippen LogP contribution in [0.3, 0.4) is 0 Å². The fourth-order valence-electron chi connectivity index (χ4n) is 3.32. The van der Waals surface area contributed by atoms with Crippen LogP contribution in [0.1, 0.15) is 17.3 Å². The number of benzene rings is 4. The maximum Gasteiger partial charge on any atom is 0.257 e. The molecule has 0 fully saturated rings. The lowest BCUT2D eigenvalue weighted by molar-refractivity contribution is -0.115. The molecule has 1 atom stereocenters. The molecule has 1 unspecified atom stereocenters. The van der Waals surface area contributed by atoms with E-state index in [0.717, 1.165) is 21.4 Å². The third kappa shape index (κ3) is 5.69. The van der Waals surface area contributed by atoms with Crippen LogP contribution < -0.4 is 10.6 Å². The number of thioether (sulfide) groups is 1. The van der Waals surface area contributed by atoms with Crippen LogP contribution in [-0.2, 0) is 4.79 Å². The van der Waals surface area contributed by atoms with Crippen molar-refractivity contribution in [3.05, 3.63) is 101 Å². The molecule has 0 radical (unpaired) electrons. The van der Waals surface area contributed by atoms with E-state index in [4.69, 9.17) is 23.2 Å². The van der Waals surface area contributed by atoms with E-state index in [-0.39, 0.29) is 17.1 Å². The van der Waals surface area contributed by atoms with E-state index >= 15 is 0 Å². The largest absolute Gasteiger partial charge is 0.325 e. The van der Waals surface area contributed by atoms with Crippen molar-refractivity contribution in [2.75, 3.05) is 10.6 Å². The molecule has 2 N–H and O–H groups in total. The zero-order chi connectivity index (χ0) is 23.4. The first kappa shape index (κ1) is 23.2. The number of amides is 2. The molecule has 0 saturated carbocycles. The molecule has 4 aromatic rings. The van der Waals surface area contributed by atoms with Crippen molar-refractivity contribution in [2.45, 2.75) is 17.1 Å². The Kier molecular flexibility index (Phi) is 7.23. The Labute approximate surface area is 206 Å². The van der Waals surface area contributed by atoms with E-state index in [0.29, 0.717) is 21.3 Å². The Morgan fingerprint density at radius 1 is 0.848 bits per heavy atom. The van der Waals surface area contributed by atoms with E-state index in [1.165, 1.54) is 17.8 Å². The molecule has 0 aromatic heterocycles. The van der Waals surface area contributed by atoms with Gasteiger partial charge in [0.25, 0.3) is 5.91 Å². The summed E-state index contributed by atoms with van der Waals surface area (Å²) in [6.07, 6.45) is 0. The minimum Gasteiger partial charge on any atom is -0.325 e. The van der Waals surface area contributed by atoms with Crippen molar-refractivity contribution in [2.24, 2.45) is 0 Å². The van der Waals surface area contributed by atoms with Crippen LogP contribution in [0.15, 0.2) is 89.8 Å². The molecule has 0 aliphatic rings. The second-order valence-electron chi connectivity index (χ2n) is 7.38. The van der Waals surface area contributed by atoms with Gasteiger partial charge in [-0.2, -0.15) is 0 Å². The maximum absolute atomic E-state index is 12.8. The maximum atomic E-state index is 12.8. The van der Waals surface area contributed by atoms with E-state index in [2.05, 4.69) is 10.6 Å². The predicted octanol–water partition coefficient (Wildman–Crippen LogP) is 7.52. The Morgan fingerprint density at radius 2 is 1.58 bits per heavy atom. The smallest absolute Gasteiger partial charge is 0.257 e. The van der Waals surface area contributed by atoms with Crippen LogP contribution in [0.5, 0.6) is 0 Å². The van der Waals surface area contributed by atoms with Crippen molar-refractivity contribution in [1.82, 2.24) is 0 Å². The number of halogens is 2. The molecule has 33 heavy (non-hydrogen) atoms. The molecule has 2 amide bonds. The van der Waals surface area contributed by atoms with Gasteiger partial charge in [-0.1, -0.05) is 59.6 Å². The fourth-order valence-corrected chi connectivity index (χ4v) is 4.68. The summed E-state index contributed by atoms with van der Waals surface area (Å²) in [6.45, 7) is 1.86. The van der Waals surface area contributed by atoms with Gasteiger partial charge in [-0.3, -0.25) is 9.59 Å². The van der Waals surface area contributed by atoms with Crippen molar-refractivity contribution < 1.29 is 9.59 Å². The van der Waals surface area contributed by atoms with E-state index in [9.17, 15) is 9.59 Å². The van der Waals surface area contributed by atoms with Gasteiger partial charge in [-0.25, -0.2) is 0 Å². The quantitative estimate of drug-likeness (QED) is 0.272. The van der Waals surface area contributed by atoms with Gasteiger partial charge >= 0.3 is 0 Å². The third-order valence-corrected chi connectivity index (χ3v) is 6.68. The summed E-state index contributed by atoms with van der Waals surface area (Å²) in [5, 5.41) is 8.38. The first-order valence-corrected chi connectivity index (χ1v) is 11.9. The lowest BCUT2D eigenvalue weighted by atomic mass is 10.1. The summed E-state index contributed by atoms with van der Waals surface area (Å²) in [6, 6.07) is 25.8. The van der Waals surface area contributed by atoms with Gasteiger partial charge in [0, 0.05) is 26.7 Å². The van der Waals surface area contributed by atoms with Crippen LogP contribution >= 0.6 is 35.0 Å². The number of rotatable bonds is 6. The molecule has 0 aliphatic heterocycles. The molecule has 166 valence electrons. The Bertz CT molecular complexity index is 1320. The lowest BCUT2D eigenvalue weighted by Gasteiger charge is -2.14. The van der Waals surface area contributed by atoms with Crippen LogP contribution in [0.2, 0.25) is 10.0 Å². The first-order chi connectivity index (χ1) is 15.9. The lowest BCUT2D eigenvalue weighted by Crippen LogP contribution is -2.22. The Morgan fingerprint density at radius 3 is 2.33 bits per heavy atom. The molecule has 0 saturated heterocycles. The van der Waals surface area contributed by atoms with Crippen LogP contribution in [0, 0.1) is 0 Å². The van der Waals surface area contributed by atoms with Crippen molar-refractivity contribution in [3.63, 3.8) is 0 Å². The minimum atomic E-state index is -0.320. The van der Waals surface area contributed by atoms with E-state index in [1.54, 1.807) is 24.3 Å². The highest BCUT2D eigenvalue weighted by Crippen LogP contribution is 2.28. The molecule has 0 aliphatic carbocycles. The topological polar surface area (TPSA) is 58.2 Å². The minimum absolute atomic E-state index is 0.0777.